The van der Waals surface area contributed by atoms with Crippen LogP contribution >= 0.6 is 0 Å². The van der Waals surface area contributed by atoms with Crippen molar-refractivity contribution in [3.8, 4) is 5.75 Å². The molecule has 0 saturated carbocycles. The van der Waals surface area contributed by atoms with E-state index in [0.717, 1.165) is 38.2 Å². The molecule has 1 atom stereocenters. The van der Waals surface area contributed by atoms with E-state index in [1.54, 1.807) is 0 Å². The number of ether oxygens (including phenoxy) is 1. The number of carbonyl (C=O) groups is 1. The second-order valence-corrected chi connectivity index (χ2v) is 6.80. The van der Waals surface area contributed by atoms with Gasteiger partial charge < -0.3 is 15.4 Å². The van der Waals surface area contributed by atoms with Gasteiger partial charge in [-0.1, -0.05) is 42.5 Å². The van der Waals surface area contributed by atoms with Crippen molar-refractivity contribution in [2.24, 2.45) is 0 Å². The molecule has 0 radical (unpaired) electrons. The van der Waals surface area contributed by atoms with Gasteiger partial charge in [-0.05, 0) is 55.4 Å². The zero-order valence-corrected chi connectivity index (χ0v) is 15.2. The van der Waals surface area contributed by atoms with Gasteiger partial charge in [0.05, 0.1) is 12.6 Å². The lowest BCUT2D eigenvalue weighted by Crippen LogP contribution is -2.35. The third-order valence-electron chi connectivity index (χ3n) is 4.75. The van der Waals surface area contributed by atoms with Crippen molar-refractivity contribution in [1.29, 1.82) is 0 Å². The van der Waals surface area contributed by atoms with Crippen molar-refractivity contribution in [1.82, 2.24) is 10.6 Å². The number of hydrogen-bond acceptors (Lipinski definition) is 3. The fourth-order valence-corrected chi connectivity index (χ4v) is 3.18. The first-order valence-corrected chi connectivity index (χ1v) is 9.58. The van der Waals surface area contributed by atoms with Crippen molar-refractivity contribution in [2.45, 2.75) is 44.7 Å². The van der Waals surface area contributed by atoms with E-state index in [4.69, 9.17) is 4.74 Å². The van der Waals surface area contributed by atoms with E-state index >= 15 is 0 Å². The van der Waals surface area contributed by atoms with Crippen molar-refractivity contribution < 1.29 is 9.53 Å². The number of unbranched alkanes of at least 4 members (excludes halogenated alkanes) is 2. The third-order valence-corrected chi connectivity index (χ3v) is 4.75. The molecule has 2 N–H and O–H groups in total. The van der Waals surface area contributed by atoms with Crippen LogP contribution < -0.4 is 15.4 Å². The average Bonchev–Trinajstić information content (AvgIpc) is 3.09. The van der Waals surface area contributed by atoms with Crippen molar-refractivity contribution in [3.63, 3.8) is 0 Å². The highest BCUT2D eigenvalue weighted by molar-refractivity contribution is 5.83. The Kier molecular flexibility index (Phi) is 7.08. The van der Waals surface area contributed by atoms with Gasteiger partial charge in [0.15, 0.2) is 0 Å². The summed E-state index contributed by atoms with van der Waals surface area (Å²) >= 11 is 0. The van der Waals surface area contributed by atoms with Crippen LogP contribution in [0.1, 0.15) is 36.8 Å². The molecule has 138 valence electrons. The van der Waals surface area contributed by atoms with Gasteiger partial charge in [0.25, 0.3) is 0 Å². The minimum Gasteiger partial charge on any atom is -0.494 e. The third kappa shape index (κ3) is 5.88. The van der Waals surface area contributed by atoms with Gasteiger partial charge in [-0.25, -0.2) is 0 Å². The van der Waals surface area contributed by atoms with Gasteiger partial charge in [0, 0.05) is 13.1 Å². The lowest BCUT2D eigenvalue weighted by molar-refractivity contribution is -0.120. The monoisotopic (exact) mass is 352 g/mol. The van der Waals surface area contributed by atoms with Crippen LogP contribution in [-0.4, -0.2) is 25.1 Å². The number of aryl methyl sites for hydroxylation is 1. The molecule has 26 heavy (non-hydrogen) atoms. The molecule has 1 unspecified atom stereocenters. The molecule has 2 aromatic carbocycles. The minimum absolute atomic E-state index is 0.0539. The highest BCUT2D eigenvalue weighted by Crippen LogP contribution is 2.14. The molecule has 1 aliphatic heterocycles. The summed E-state index contributed by atoms with van der Waals surface area (Å²) in [6, 6.07) is 18.7. The van der Waals surface area contributed by atoms with Crippen LogP contribution in [0.2, 0.25) is 0 Å². The molecule has 0 spiro atoms. The van der Waals surface area contributed by atoms with Gasteiger partial charge in [0.2, 0.25) is 5.91 Å². The van der Waals surface area contributed by atoms with Gasteiger partial charge in [-0.15, -0.1) is 0 Å². The second kappa shape index (κ2) is 9.97. The van der Waals surface area contributed by atoms with Crippen molar-refractivity contribution >= 4 is 5.91 Å². The highest BCUT2D eigenvalue weighted by atomic mass is 16.5. The van der Waals surface area contributed by atoms with Crippen LogP contribution in [0.15, 0.2) is 54.6 Å². The van der Waals surface area contributed by atoms with Gasteiger partial charge in [-0.2, -0.15) is 0 Å². The lowest BCUT2D eigenvalue weighted by Gasteiger charge is -2.11. The Morgan fingerprint density at radius 1 is 0.962 bits per heavy atom. The summed E-state index contributed by atoms with van der Waals surface area (Å²) < 4.78 is 5.82. The molecule has 1 amide bonds. The maximum absolute atomic E-state index is 11.5. The number of amides is 1. The molecule has 4 heteroatoms. The van der Waals surface area contributed by atoms with E-state index in [1.165, 1.54) is 24.0 Å². The van der Waals surface area contributed by atoms with Crippen LogP contribution in [0, 0.1) is 0 Å². The van der Waals surface area contributed by atoms with Crippen LogP contribution in [-0.2, 0) is 17.8 Å². The summed E-state index contributed by atoms with van der Waals surface area (Å²) in [6.45, 7) is 2.24. The second-order valence-electron chi connectivity index (χ2n) is 6.80. The molecule has 3 rings (SSSR count). The van der Waals surface area contributed by atoms with Crippen molar-refractivity contribution in [2.75, 3.05) is 13.2 Å². The van der Waals surface area contributed by atoms with E-state index in [1.807, 2.05) is 12.1 Å². The Balaban J connectivity index is 1.28. The Bertz CT molecular complexity index is 670. The molecule has 0 bridgehead atoms. The number of carbonyl (C=O) groups excluding carboxylic acids is 1. The zero-order valence-electron chi connectivity index (χ0n) is 15.2. The minimum atomic E-state index is -0.0539. The molecule has 1 fully saturated rings. The fourth-order valence-electron chi connectivity index (χ4n) is 3.18. The summed E-state index contributed by atoms with van der Waals surface area (Å²) in [5, 5.41) is 6.13. The number of benzene rings is 2. The number of rotatable bonds is 10. The summed E-state index contributed by atoms with van der Waals surface area (Å²) in [4.78, 5) is 11.5. The highest BCUT2D eigenvalue weighted by Gasteiger charge is 2.22. The molecular formula is C22H28N2O2. The normalized spacial score (nSPS) is 16.5. The Hall–Kier alpha value is -2.33. The Morgan fingerprint density at radius 2 is 1.77 bits per heavy atom. The Morgan fingerprint density at radius 3 is 2.50 bits per heavy atom. The first-order valence-electron chi connectivity index (χ1n) is 9.58. The van der Waals surface area contributed by atoms with Crippen LogP contribution in [0.4, 0.5) is 0 Å². The summed E-state index contributed by atoms with van der Waals surface area (Å²) in [7, 11) is 0. The SMILES string of the molecule is O=C1NCCC1NCc1ccc(OCCCCCc2ccccc2)cc1. The first-order chi connectivity index (χ1) is 12.8. The van der Waals surface area contributed by atoms with Gasteiger partial charge in [0.1, 0.15) is 5.75 Å². The maximum atomic E-state index is 11.5. The molecule has 1 aliphatic rings. The summed E-state index contributed by atoms with van der Waals surface area (Å²) in [6.07, 6.45) is 5.46. The van der Waals surface area contributed by atoms with Crippen LogP contribution in [0.5, 0.6) is 5.75 Å². The first kappa shape index (κ1) is 18.5. The van der Waals surface area contributed by atoms with Gasteiger partial charge >= 0.3 is 0 Å². The van der Waals surface area contributed by atoms with E-state index in [2.05, 4.69) is 53.1 Å². The molecule has 0 aromatic heterocycles. The molecule has 0 aliphatic carbocycles. The quantitative estimate of drug-likeness (QED) is 0.644. The fraction of sp³-hybridized carbons (Fsp3) is 0.409. The smallest absolute Gasteiger partial charge is 0.237 e. The van der Waals surface area contributed by atoms with E-state index in [-0.39, 0.29) is 11.9 Å². The van der Waals surface area contributed by atoms with E-state index in [0.29, 0.717) is 6.54 Å². The predicted octanol–water partition coefficient (Wildman–Crippen LogP) is 3.46. The van der Waals surface area contributed by atoms with Crippen molar-refractivity contribution in [3.05, 3.63) is 65.7 Å². The number of hydrogen-bond donors (Lipinski definition) is 2. The standard InChI is InChI=1S/C22H28N2O2/c25-22-21(14-15-23-22)24-17-19-10-12-20(13-11-19)26-16-6-2-5-9-18-7-3-1-4-8-18/h1,3-4,7-8,10-13,21,24H,2,5-6,9,14-17H2,(H,23,25). The van der Waals surface area contributed by atoms with Crippen LogP contribution in [0.3, 0.4) is 0 Å². The largest absolute Gasteiger partial charge is 0.494 e. The summed E-state index contributed by atoms with van der Waals surface area (Å²) in [5.41, 5.74) is 2.58. The maximum Gasteiger partial charge on any atom is 0.237 e. The summed E-state index contributed by atoms with van der Waals surface area (Å²) in [5.74, 6) is 1.02. The molecular weight excluding hydrogens is 324 g/mol. The Labute approximate surface area is 156 Å². The lowest BCUT2D eigenvalue weighted by atomic mass is 10.1. The zero-order chi connectivity index (χ0) is 18.0. The van der Waals surface area contributed by atoms with E-state index < -0.39 is 0 Å². The van der Waals surface area contributed by atoms with Gasteiger partial charge in [-0.3, -0.25) is 4.79 Å². The average molecular weight is 352 g/mol. The topological polar surface area (TPSA) is 50.4 Å². The molecule has 4 nitrogen and oxygen atoms in total. The van der Waals surface area contributed by atoms with E-state index in [9.17, 15) is 4.79 Å². The number of nitrogens with one attached hydrogen (secondary N) is 2. The molecule has 2 aromatic rings. The molecule has 1 saturated heterocycles. The molecule has 1 heterocycles. The van der Waals surface area contributed by atoms with Crippen LogP contribution in [0.25, 0.3) is 0 Å². The predicted molar refractivity (Wildman–Crippen MR) is 104 cm³/mol.